The summed E-state index contributed by atoms with van der Waals surface area (Å²) in [4.78, 5) is 10.4. The first-order valence-electron chi connectivity index (χ1n) is 5.24. The van der Waals surface area contributed by atoms with E-state index in [4.69, 9.17) is 14.9 Å². The van der Waals surface area contributed by atoms with Crippen LogP contribution in [0.4, 0.5) is 13.2 Å². The molecule has 1 amide bonds. The standard InChI is InChI=1S/C10H16F3NO4/c11-10(12,13)9(17)14-3-1-4-18-5-2-8(6-15)7-16/h2,15-16H,1,3-7H2,(H,14,17). The van der Waals surface area contributed by atoms with E-state index in [-0.39, 0.29) is 39.4 Å². The SMILES string of the molecule is O=C(NCCCOCC=C(CO)CO)C(F)(F)F. The van der Waals surface area contributed by atoms with Crippen molar-refractivity contribution in [2.45, 2.75) is 12.6 Å². The molecule has 0 saturated carbocycles. The van der Waals surface area contributed by atoms with E-state index >= 15 is 0 Å². The molecule has 0 heterocycles. The van der Waals surface area contributed by atoms with E-state index in [1.165, 1.54) is 6.08 Å². The van der Waals surface area contributed by atoms with Crippen LogP contribution in [0, 0.1) is 0 Å². The first-order chi connectivity index (χ1) is 8.41. The number of rotatable bonds is 8. The second kappa shape index (κ2) is 8.90. The lowest BCUT2D eigenvalue weighted by molar-refractivity contribution is -0.173. The van der Waals surface area contributed by atoms with Gasteiger partial charge in [-0.05, 0) is 12.0 Å². The summed E-state index contributed by atoms with van der Waals surface area (Å²) in [6, 6.07) is 0. The summed E-state index contributed by atoms with van der Waals surface area (Å²) < 4.78 is 40.2. The quantitative estimate of drug-likeness (QED) is 0.428. The van der Waals surface area contributed by atoms with Crippen molar-refractivity contribution < 1.29 is 32.9 Å². The summed E-state index contributed by atoms with van der Waals surface area (Å²) in [5.41, 5.74) is 0.403. The molecule has 0 radical (unpaired) electrons. The summed E-state index contributed by atoms with van der Waals surface area (Å²) in [6.45, 7) is -0.375. The molecular formula is C10H16F3NO4. The first-order valence-corrected chi connectivity index (χ1v) is 5.24. The van der Waals surface area contributed by atoms with Crippen LogP contribution < -0.4 is 5.32 Å². The van der Waals surface area contributed by atoms with E-state index in [0.717, 1.165) is 0 Å². The lowest BCUT2D eigenvalue weighted by atomic mass is 10.3. The number of carbonyl (C=O) groups excluding carboxylic acids is 1. The number of hydrogen-bond acceptors (Lipinski definition) is 4. The van der Waals surface area contributed by atoms with Crippen molar-refractivity contribution in [2.24, 2.45) is 0 Å². The lowest BCUT2D eigenvalue weighted by Gasteiger charge is -2.07. The molecule has 0 bridgehead atoms. The molecule has 0 fully saturated rings. The molecule has 0 spiro atoms. The second-order valence-corrected chi connectivity index (χ2v) is 3.36. The Morgan fingerprint density at radius 1 is 1.28 bits per heavy atom. The summed E-state index contributed by atoms with van der Waals surface area (Å²) in [5.74, 6) is -1.97. The third-order valence-electron chi connectivity index (χ3n) is 1.90. The van der Waals surface area contributed by atoms with Gasteiger partial charge < -0.3 is 20.3 Å². The monoisotopic (exact) mass is 271 g/mol. The maximum atomic E-state index is 11.7. The summed E-state index contributed by atoms with van der Waals surface area (Å²) in [7, 11) is 0. The molecule has 0 rings (SSSR count). The Bertz CT molecular complexity index is 273. The second-order valence-electron chi connectivity index (χ2n) is 3.36. The molecule has 0 aliphatic carbocycles. The van der Waals surface area contributed by atoms with Gasteiger partial charge in [-0.15, -0.1) is 0 Å². The number of nitrogens with one attached hydrogen (secondary N) is 1. The molecule has 106 valence electrons. The maximum Gasteiger partial charge on any atom is 0.471 e. The van der Waals surface area contributed by atoms with Crippen molar-refractivity contribution in [1.29, 1.82) is 0 Å². The predicted molar refractivity (Wildman–Crippen MR) is 56.8 cm³/mol. The fourth-order valence-electron chi connectivity index (χ4n) is 0.916. The number of aliphatic hydroxyl groups is 2. The van der Waals surface area contributed by atoms with Crippen molar-refractivity contribution in [1.82, 2.24) is 5.32 Å². The predicted octanol–water partition coefficient (Wildman–Crippen LogP) is -0.0174. The zero-order valence-electron chi connectivity index (χ0n) is 9.66. The molecule has 0 aromatic rings. The van der Waals surface area contributed by atoms with Gasteiger partial charge in [0.15, 0.2) is 0 Å². The molecule has 8 heteroatoms. The van der Waals surface area contributed by atoms with E-state index in [9.17, 15) is 18.0 Å². The zero-order valence-corrected chi connectivity index (χ0v) is 9.66. The molecule has 0 unspecified atom stereocenters. The molecule has 5 nitrogen and oxygen atoms in total. The number of carbonyl (C=O) groups is 1. The average molecular weight is 271 g/mol. The minimum Gasteiger partial charge on any atom is -0.392 e. The number of amides is 1. The molecule has 3 N–H and O–H groups in total. The van der Waals surface area contributed by atoms with Crippen LogP contribution >= 0.6 is 0 Å². The van der Waals surface area contributed by atoms with Gasteiger partial charge in [-0.1, -0.05) is 6.08 Å². The average Bonchev–Trinajstić information content (AvgIpc) is 2.31. The van der Waals surface area contributed by atoms with Gasteiger partial charge in [0.1, 0.15) is 0 Å². The molecule has 0 aliphatic heterocycles. The van der Waals surface area contributed by atoms with Crippen LogP contribution in [0.2, 0.25) is 0 Å². The fourth-order valence-corrected chi connectivity index (χ4v) is 0.916. The highest BCUT2D eigenvalue weighted by Gasteiger charge is 2.38. The minimum atomic E-state index is -4.86. The van der Waals surface area contributed by atoms with Crippen LogP contribution in [0.5, 0.6) is 0 Å². The van der Waals surface area contributed by atoms with Gasteiger partial charge in [-0.3, -0.25) is 4.79 Å². The molecule has 18 heavy (non-hydrogen) atoms. The molecule has 0 atom stereocenters. The van der Waals surface area contributed by atoms with Gasteiger partial charge in [0, 0.05) is 13.2 Å². The van der Waals surface area contributed by atoms with Crippen LogP contribution in [0.3, 0.4) is 0 Å². The highest BCUT2D eigenvalue weighted by atomic mass is 19.4. The van der Waals surface area contributed by atoms with Gasteiger partial charge in [0.2, 0.25) is 0 Å². The van der Waals surface area contributed by atoms with E-state index in [1.807, 2.05) is 0 Å². The van der Waals surface area contributed by atoms with Crippen molar-refractivity contribution in [3.05, 3.63) is 11.6 Å². The van der Waals surface area contributed by atoms with Crippen molar-refractivity contribution in [2.75, 3.05) is 33.0 Å². The zero-order chi connectivity index (χ0) is 14.0. The number of hydrogen-bond donors (Lipinski definition) is 3. The molecule has 0 aromatic heterocycles. The van der Waals surface area contributed by atoms with Crippen LogP contribution in [-0.2, 0) is 9.53 Å². The van der Waals surface area contributed by atoms with Crippen molar-refractivity contribution in [3.8, 4) is 0 Å². The van der Waals surface area contributed by atoms with Crippen molar-refractivity contribution in [3.63, 3.8) is 0 Å². The first kappa shape index (κ1) is 16.9. The molecule has 0 aromatic carbocycles. The Balaban J connectivity index is 3.53. The van der Waals surface area contributed by atoms with Gasteiger partial charge in [-0.2, -0.15) is 13.2 Å². The van der Waals surface area contributed by atoms with E-state index in [2.05, 4.69) is 0 Å². The van der Waals surface area contributed by atoms with Crippen LogP contribution in [0.15, 0.2) is 11.6 Å². The highest BCUT2D eigenvalue weighted by Crippen LogP contribution is 2.13. The number of ether oxygens (including phenoxy) is 1. The minimum absolute atomic E-state index is 0.130. The number of alkyl halides is 3. The highest BCUT2D eigenvalue weighted by molar-refractivity contribution is 5.81. The third-order valence-corrected chi connectivity index (χ3v) is 1.90. The Hall–Kier alpha value is -1.12. The van der Waals surface area contributed by atoms with Crippen LogP contribution in [0.1, 0.15) is 6.42 Å². The Morgan fingerprint density at radius 3 is 2.39 bits per heavy atom. The van der Waals surface area contributed by atoms with Crippen molar-refractivity contribution >= 4 is 5.91 Å². The van der Waals surface area contributed by atoms with Gasteiger partial charge in [0.25, 0.3) is 0 Å². The van der Waals surface area contributed by atoms with Gasteiger partial charge in [0.05, 0.1) is 19.8 Å². The molecule has 0 aliphatic rings. The summed E-state index contributed by atoms with van der Waals surface area (Å²) in [6.07, 6.45) is -3.14. The van der Waals surface area contributed by atoms with E-state index in [1.54, 1.807) is 5.32 Å². The fraction of sp³-hybridized carbons (Fsp3) is 0.700. The Morgan fingerprint density at radius 2 is 1.89 bits per heavy atom. The smallest absolute Gasteiger partial charge is 0.392 e. The third kappa shape index (κ3) is 8.04. The summed E-state index contributed by atoms with van der Waals surface area (Å²) in [5, 5.41) is 19.0. The van der Waals surface area contributed by atoms with Crippen LogP contribution in [-0.4, -0.2) is 55.3 Å². The van der Waals surface area contributed by atoms with E-state index in [0.29, 0.717) is 5.57 Å². The van der Waals surface area contributed by atoms with Gasteiger partial charge in [-0.25, -0.2) is 0 Å². The van der Waals surface area contributed by atoms with E-state index < -0.39 is 12.1 Å². The normalized spacial score (nSPS) is 11.2. The number of aliphatic hydroxyl groups excluding tert-OH is 2. The molecular weight excluding hydrogens is 255 g/mol. The number of halogens is 3. The summed E-state index contributed by atoms with van der Waals surface area (Å²) >= 11 is 0. The Labute approximate surface area is 102 Å². The Kier molecular flexibility index (Phi) is 8.34. The van der Waals surface area contributed by atoms with Gasteiger partial charge >= 0.3 is 12.1 Å². The largest absolute Gasteiger partial charge is 0.471 e. The maximum absolute atomic E-state index is 11.7. The lowest BCUT2D eigenvalue weighted by Crippen LogP contribution is -2.37. The molecule has 0 saturated heterocycles. The topological polar surface area (TPSA) is 78.8 Å². The van der Waals surface area contributed by atoms with Crippen LogP contribution in [0.25, 0.3) is 0 Å².